The van der Waals surface area contributed by atoms with Gasteiger partial charge in [-0.05, 0) is 54.2 Å². The minimum Gasteiger partial charge on any atom is -0.322 e. The Hall–Kier alpha value is -2.20. The summed E-state index contributed by atoms with van der Waals surface area (Å²) in [6, 6.07) is 11.0. The number of amides is 1. The van der Waals surface area contributed by atoms with Gasteiger partial charge in [0.05, 0.1) is 11.9 Å². The number of alkyl halides is 3. The molecule has 2 aromatic carbocycles. The van der Waals surface area contributed by atoms with Gasteiger partial charge in [0.25, 0.3) is 5.91 Å². The summed E-state index contributed by atoms with van der Waals surface area (Å²) in [5, 5.41) is 2.55. The molecule has 0 spiro atoms. The predicted octanol–water partition coefficient (Wildman–Crippen LogP) is 3.92. The fraction of sp³-hybridized carbons (Fsp3) is 0.133. The van der Waals surface area contributed by atoms with E-state index in [1.165, 1.54) is 36.4 Å². The number of hydrogen-bond acceptors (Lipinski definition) is 4. The molecule has 0 saturated carbocycles. The van der Waals surface area contributed by atoms with Crippen molar-refractivity contribution in [3.8, 4) is 0 Å². The maximum atomic E-state index is 12.3. The van der Waals surface area contributed by atoms with Crippen LogP contribution in [0.4, 0.5) is 24.5 Å². The van der Waals surface area contributed by atoms with E-state index >= 15 is 0 Å². The zero-order valence-electron chi connectivity index (χ0n) is 12.8. The van der Waals surface area contributed by atoms with Gasteiger partial charge < -0.3 is 5.32 Å². The number of hydrogen-bond donors (Lipinski definition) is 2. The van der Waals surface area contributed by atoms with Gasteiger partial charge in [-0.2, -0.15) is 13.2 Å². The van der Waals surface area contributed by atoms with Crippen LogP contribution in [-0.4, -0.2) is 26.1 Å². The van der Waals surface area contributed by atoms with Gasteiger partial charge in [-0.25, -0.2) is 8.42 Å². The standard InChI is InChI=1S/C15H13F3N2O3S2/c1-25(22,23)20-12-4-2-3-11(9-12)19-14(21)10-5-7-13(8-6-10)24-15(16,17)18/h2-9,20H,1H3,(H,19,21). The summed E-state index contributed by atoms with van der Waals surface area (Å²) in [4.78, 5) is 12.1. The largest absolute Gasteiger partial charge is 0.446 e. The van der Waals surface area contributed by atoms with Crippen LogP contribution in [0.3, 0.4) is 0 Å². The topological polar surface area (TPSA) is 75.3 Å². The highest BCUT2D eigenvalue weighted by Gasteiger charge is 2.29. The highest BCUT2D eigenvalue weighted by Crippen LogP contribution is 2.36. The Balaban J connectivity index is 2.08. The van der Waals surface area contributed by atoms with Crippen molar-refractivity contribution in [1.82, 2.24) is 0 Å². The Morgan fingerprint density at radius 3 is 2.20 bits per heavy atom. The van der Waals surface area contributed by atoms with E-state index < -0.39 is 21.4 Å². The number of anilines is 2. The smallest absolute Gasteiger partial charge is 0.322 e. The molecule has 0 radical (unpaired) electrons. The highest BCUT2D eigenvalue weighted by atomic mass is 32.2. The van der Waals surface area contributed by atoms with Gasteiger partial charge in [0.15, 0.2) is 0 Å². The SMILES string of the molecule is CS(=O)(=O)Nc1cccc(NC(=O)c2ccc(SC(F)(F)F)cc2)c1. The molecule has 0 aliphatic heterocycles. The molecule has 5 nitrogen and oxygen atoms in total. The molecule has 2 rings (SSSR count). The van der Waals surface area contributed by atoms with Gasteiger partial charge in [-0.3, -0.25) is 9.52 Å². The van der Waals surface area contributed by atoms with Crippen molar-refractivity contribution in [2.45, 2.75) is 10.4 Å². The van der Waals surface area contributed by atoms with E-state index in [0.29, 0.717) is 5.69 Å². The Kier molecular flexibility index (Phi) is 5.63. The molecule has 2 N–H and O–H groups in total. The van der Waals surface area contributed by atoms with E-state index in [1.807, 2.05) is 0 Å². The third kappa shape index (κ3) is 6.67. The predicted molar refractivity (Wildman–Crippen MR) is 91.2 cm³/mol. The third-order valence-electron chi connectivity index (χ3n) is 2.77. The second-order valence-corrected chi connectivity index (χ2v) is 7.87. The molecule has 0 unspecified atom stereocenters. The molecule has 0 atom stereocenters. The molecule has 0 heterocycles. The van der Waals surface area contributed by atoms with Gasteiger partial charge >= 0.3 is 5.51 Å². The molecule has 0 fully saturated rings. The lowest BCUT2D eigenvalue weighted by Gasteiger charge is -2.09. The molecule has 134 valence electrons. The third-order valence-corrected chi connectivity index (χ3v) is 4.12. The first-order valence-electron chi connectivity index (χ1n) is 6.77. The Morgan fingerprint density at radius 1 is 1.04 bits per heavy atom. The minimum atomic E-state index is -4.39. The monoisotopic (exact) mass is 390 g/mol. The van der Waals surface area contributed by atoms with Crippen LogP contribution in [0.2, 0.25) is 0 Å². The average Bonchev–Trinajstić information content (AvgIpc) is 2.44. The molecule has 2 aromatic rings. The lowest BCUT2D eigenvalue weighted by atomic mass is 10.2. The van der Waals surface area contributed by atoms with Crippen LogP contribution in [0.15, 0.2) is 53.4 Å². The summed E-state index contributed by atoms with van der Waals surface area (Å²) in [6.07, 6.45) is 0.999. The van der Waals surface area contributed by atoms with Crippen LogP contribution in [-0.2, 0) is 10.0 Å². The van der Waals surface area contributed by atoms with Gasteiger partial charge in [0.1, 0.15) is 0 Å². The van der Waals surface area contributed by atoms with Crippen LogP contribution in [0.1, 0.15) is 10.4 Å². The number of carbonyl (C=O) groups is 1. The molecule has 0 bridgehead atoms. The van der Waals surface area contributed by atoms with Crippen molar-refractivity contribution >= 4 is 39.1 Å². The lowest BCUT2D eigenvalue weighted by molar-refractivity contribution is -0.0328. The summed E-state index contributed by atoms with van der Waals surface area (Å²) in [5.41, 5.74) is -3.60. The van der Waals surface area contributed by atoms with Crippen molar-refractivity contribution in [2.75, 3.05) is 16.3 Å². The van der Waals surface area contributed by atoms with E-state index in [0.717, 1.165) is 6.26 Å². The van der Waals surface area contributed by atoms with Gasteiger partial charge in [0.2, 0.25) is 10.0 Å². The normalized spacial score (nSPS) is 11.8. The summed E-state index contributed by atoms with van der Waals surface area (Å²) in [6.45, 7) is 0. The molecular weight excluding hydrogens is 377 g/mol. The zero-order chi connectivity index (χ0) is 18.7. The molecule has 0 saturated heterocycles. The first-order valence-corrected chi connectivity index (χ1v) is 9.48. The Morgan fingerprint density at radius 2 is 1.64 bits per heavy atom. The van der Waals surface area contributed by atoms with Crippen molar-refractivity contribution in [2.24, 2.45) is 0 Å². The summed E-state index contributed by atoms with van der Waals surface area (Å²) in [7, 11) is -3.45. The van der Waals surface area contributed by atoms with E-state index in [9.17, 15) is 26.4 Å². The molecule has 0 aliphatic carbocycles. The van der Waals surface area contributed by atoms with Crippen LogP contribution >= 0.6 is 11.8 Å². The molecular formula is C15H13F3N2O3S2. The molecule has 25 heavy (non-hydrogen) atoms. The fourth-order valence-corrected chi connectivity index (χ4v) is 2.98. The molecule has 10 heteroatoms. The Bertz CT molecular complexity index is 866. The quantitative estimate of drug-likeness (QED) is 0.759. The lowest BCUT2D eigenvalue weighted by Crippen LogP contribution is -2.13. The summed E-state index contributed by atoms with van der Waals surface area (Å²) in [5.74, 6) is -0.528. The van der Waals surface area contributed by atoms with Crippen LogP contribution in [0.5, 0.6) is 0 Å². The van der Waals surface area contributed by atoms with E-state index in [-0.39, 0.29) is 27.9 Å². The van der Waals surface area contributed by atoms with Crippen molar-refractivity contribution in [1.29, 1.82) is 0 Å². The maximum absolute atomic E-state index is 12.3. The number of halogens is 3. The molecule has 1 amide bonds. The van der Waals surface area contributed by atoms with Crippen molar-refractivity contribution in [3.05, 3.63) is 54.1 Å². The number of rotatable bonds is 5. The second kappa shape index (κ2) is 7.36. The molecule has 0 aliphatic rings. The first-order chi connectivity index (χ1) is 11.5. The average molecular weight is 390 g/mol. The van der Waals surface area contributed by atoms with Crippen LogP contribution in [0.25, 0.3) is 0 Å². The second-order valence-electron chi connectivity index (χ2n) is 4.98. The highest BCUT2D eigenvalue weighted by molar-refractivity contribution is 8.00. The van der Waals surface area contributed by atoms with Crippen LogP contribution in [0, 0.1) is 0 Å². The first kappa shape index (κ1) is 19.1. The maximum Gasteiger partial charge on any atom is 0.446 e. The number of thioether (sulfide) groups is 1. The van der Waals surface area contributed by atoms with E-state index in [4.69, 9.17) is 0 Å². The van der Waals surface area contributed by atoms with Crippen LogP contribution < -0.4 is 10.0 Å². The van der Waals surface area contributed by atoms with Crippen molar-refractivity contribution < 1.29 is 26.4 Å². The number of sulfonamides is 1. The zero-order valence-corrected chi connectivity index (χ0v) is 14.4. The Labute approximate surface area is 146 Å². The fourth-order valence-electron chi connectivity index (χ4n) is 1.89. The summed E-state index contributed by atoms with van der Waals surface area (Å²) >= 11 is -0.265. The van der Waals surface area contributed by atoms with E-state index in [2.05, 4.69) is 10.0 Å². The summed E-state index contributed by atoms with van der Waals surface area (Å²) < 4.78 is 61.5. The number of carbonyl (C=O) groups excluding carboxylic acids is 1. The van der Waals surface area contributed by atoms with Crippen molar-refractivity contribution in [3.63, 3.8) is 0 Å². The number of benzene rings is 2. The number of nitrogens with one attached hydrogen (secondary N) is 2. The molecule has 0 aromatic heterocycles. The van der Waals surface area contributed by atoms with Gasteiger partial charge in [0, 0.05) is 16.1 Å². The van der Waals surface area contributed by atoms with E-state index in [1.54, 1.807) is 12.1 Å². The van der Waals surface area contributed by atoms with Gasteiger partial charge in [-0.1, -0.05) is 6.07 Å². The van der Waals surface area contributed by atoms with Gasteiger partial charge in [-0.15, -0.1) is 0 Å². The minimum absolute atomic E-state index is 0.0246.